The van der Waals surface area contributed by atoms with E-state index in [0.717, 1.165) is 0 Å². The summed E-state index contributed by atoms with van der Waals surface area (Å²) in [4.78, 5) is 22.2. The number of ether oxygens (including phenoxy) is 3. The molecule has 0 bridgehead atoms. The zero-order valence-corrected chi connectivity index (χ0v) is 11.8. The van der Waals surface area contributed by atoms with E-state index in [1.165, 1.54) is 13.2 Å². The zero-order chi connectivity index (χ0) is 15.1. The number of carbonyl (C=O) groups is 2. The average Bonchev–Trinajstić information content (AvgIpc) is 2.42. The highest BCUT2D eigenvalue weighted by Crippen LogP contribution is 2.28. The lowest BCUT2D eigenvalue weighted by atomic mass is 10.2. The predicted molar refractivity (Wildman–Crippen MR) is 72.8 cm³/mol. The van der Waals surface area contributed by atoms with Crippen molar-refractivity contribution in [1.29, 1.82) is 0 Å². The van der Waals surface area contributed by atoms with Gasteiger partial charge in [-0.25, -0.2) is 4.79 Å². The minimum atomic E-state index is -0.706. The second-order valence-corrected chi connectivity index (χ2v) is 4.61. The number of nitrogens with two attached hydrogens (primary N) is 1. The molecule has 1 rings (SSSR count). The minimum Gasteiger partial charge on any atom is -0.493 e. The van der Waals surface area contributed by atoms with Gasteiger partial charge in [0, 0.05) is 0 Å². The lowest BCUT2D eigenvalue weighted by molar-refractivity contribution is -0.121. The minimum absolute atomic E-state index is 0.264. The first kappa shape index (κ1) is 15.8. The summed E-state index contributed by atoms with van der Waals surface area (Å²) in [5.74, 6) is 0.00597. The molecular formula is C14H19NO5. The van der Waals surface area contributed by atoms with E-state index in [9.17, 15) is 9.59 Å². The number of esters is 1. The fourth-order valence-electron chi connectivity index (χ4n) is 1.39. The van der Waals surface area contributed by atoms with Crippen LogP contribution < -0.4 is 15.2 Å². The third-order valence-electron chi connectivity index (χ3n) is 2.32. The SMILES string of the molecule is COc1cc(C(=O)OCC(N)=O)ccc1OCC(C)C. The quantitative estimate of drug-likeness (QED) is 0.763. The molecule has 0 heterocycles. The largest absolute Gasteiger partial charge is 0.493 e. The Labute approximate surface area is 117 Å². The molecule has 0 aliphatic carbocycles. The molecule has 0 atom stereocenters. The van der Waals surface area contributed by atoms with Crippen molar-refractivity contribution in [2.75, 3.05) is 20.3 Å². The van der Waals surface area contributed by atoms with E-state index in [0.29, 0.717) is 24.0 Å². The summed E-state index contributed by atoms with van der Waals surface area (Å²) in [7, 11) is 1.48. The molecule has 6 heteroatoms. The first-order valence-corrected chi connectivity index (χ1v) is 6.20. The molecule has 2 N–H and O–H groups in total. The van der Waals surface area contributed by atoms with Crippen molar-refractivity contribution in [1.82, 2.24) is 0 Å². The number of amides is 1. The number of hydrogen-bond donors (Lipinski definition) is 1. The molecule has 0 spiro atoms. The van der Waals surface area contributed by atoms with Gasteiger partial charge < -0.3 is 19.9 Å². The summed E-state index contributed by atoms with van der Waals surface area (Å²) < 4.78 is 15.5. The average molecular weight is 281 g/mol. The van der Waals surface area contributed by atoms with E-state index < -0.39 is 18.5 Å². The Hall–Kier alpha value is -2.24. The van der Waals surface area contributed by atoms with Gasteiger partial charge in [-0.2, -0.15) is 0 Å². The number of rotatable bonds is 7. The Morgan fingerprint density at radius 2 is 1.95 bits per heavy atom. The van der Waals surface area contributed by atoms with Crippen LogP contribution in [-0.2, 0) is 9.53 Å². The molecule has 0 aliphatic rings. The van der Waals surface area contributed by atoms with Crippen molar-refractivity contribution in [3.63, 3.8) is 0 Å². The zero-order valence-electron chi connectivity index (χ0n) is 11.8. The summed E-state index contributed by atoms with van der Waals surface area (Å²) in [6, 6.07) is 4.67. The molecule has 0 aliphatic heterocycles. The van der Waals surface area contributed by atoms with Gasteiger partial charge in [0.1, 0.15) is 0 Å². The molecule has 0 unspecified atom stereocenters. The van der Waals surface area contributed by atoms with Gasteiger partial charge in [-0.05, 0) is 24.1 Å². The van der Waals surface area contributed by atoms with Crippen LogP contribution in [0.2, 0.25) is 0 Å². The van der Waals surface area contributed by atoms with Crippen LogP contribution in [0.1, 0.15) is 24.2 Å². The van der Waals surface area contributed by atoms with Gasteiger partial charge in [-0.1, -0.05) is 13.8 Å². The van der Waals surface area contributed by atoms with E-state index in [1.807, 2.05) is 13.8 Å². The highest BCUT2D eigenvalue weighted by Gasteiger charge is 2.13. The Balaban J connectivity index is 2.80. The van der Waals surface area contributed by atoms with Crippen LogP contribution in [0.4, 0.5) is 0 Å². The summed E-state index contributed by atoms with van der Waals surface area (Å²) in [6.45, 7) is 4.15. The van der Waals surface area contributed by atoms with Crippen LogP contribution in [-0.4, -0.2) is 32.2 Å². The van der Waals surface area contributed by atoms with Gasteiger partial charge in [-0.15, -0.1) is 0 Å². The molecule has 6 nitrogen and oxygen atoms in total. The maximum atomic E-state index is 11.7. The number of methoxy groups -OCH3 is 1. The third-order valence-corrected chi connectivity index (χ3v) is 2.32. The van der Waals surface area contributed by atoms with E-state index in [1.54, 1.807) is 12.1 Å². The summed E-state index contributed by atoms with van der Waals surface area (Å²) in [5, 5.41) is 0. The Morgan fingerprint density at radius 3 is 2.50 bits per heavy atom. The van der Waals surface area contributed by atoms with Crippen LogP contribution in [0.3, 0.4) is 0 Å². The fourth-order valence-corrected chi connectivity index (χ4v) is 1.39. The van der Waals surface area contributed by atoms with Crippen LogP contribution in [0, 0.1) is 5.92 Å². The van der Waals surface area contributed by atoms with E-state index in [2.05, 4.69) is 0 Å². The Kier molecular flexibility index (Phi) is 5.83. The Morgan fingerprint density at radius 1 is 1.25 bits per heavy atom. The maximum absolute atomic E-state index is 11.7. The van der Waals surface area contributed by atoms with Crippen molar-refractivity contribution in [2.24, 2.45) is 11.7 Å². The number of benzene rings is 1. The molecule has 110 valence electrons. The number of primary amides is 1. The molecular weight excluding hydrogens is 262 g/mol. The maximum Gasteiger partial charge on any atom is 0.338 e. The van der Waals surface area contributed by atoms with Crippen LogP contribution in [0.5, 0.6) is 11.5 Å². The van der Waals surface area contributed by atoms with Crippen LogP contribution in [0.25, 0.3) is 0 Å². The molecule has 0 saturated carbocycles. The monoisotopic (exact) mass is 281 g/mol. The van der Waals surface area contributed by atoms with E-state index in [-0.39, 0.29) is 5.56 Å². The van der Waals surface area contributed by atoms with Crippen molar-refractivity contribution in [2.45, 2.75) is 13.8 Å². The van der Waals surface area contributed by atoms with E-state index >= 15 is 0 Å². The molecule has 20 heavy (non-hydrogen) atoms. The second kappa shape index (κ2) is 7.37. The van der Waals surface area contributed by atoms with Crippen LogP contribution in [0.15, 0.2) is 18.2 Å². The van der Waals surface area contributed by atoms with Gasteiger partial charge >= 0.3 is 5.97 Å². The summed E-state index contributed by atoms with van der Waals surface area (Å²) >= 11 is 0. The van der Waals surface area contributed by atoms with Crippen molar-refractivity contribution in [3.05, 3.63) is 23.8 Å². The van der Waals surface area contributed by atoms with E-state index in [4.69, 9.17) is 19.9 Å². The Bertz CT molecular complexity index is 484. The summed E-state index contributed by atoms with van der Waals surface area (Å²) in [5.41, 5.74) is 5.17. The van der Waals surface area contributed by atoms with Crippen LogP contribution >= 0.6 is 0 Å². The molecule has 0 radical (unpaired) electrons. The van der Waals surface area contributed by atoms with Gasteiger partial charge in [0.15, 0.2) is 18.1 Å². The standard InChI is InChI=1S/C14H19NO5/c1-9(2)7-19-11-5-4-10(6-12(11)18-3)14(17)20-8-13(15)16/h4-6,9H,7-8H2,1-3H3,(H2,15,16). The lowest BCUT2D eigenvalue weighted by Crippen LogP contribution is -2.20. The number of hydrogen-bond acceptors (Lipinski definition) is 5. The van der Waals surface area contributed by atoms with Gasteiger partial charge in [0.05, 0.1) is 19.3 Å². The summed E-state index contributed by atoms with van der Waals surface area (Å²) in [6.07, 6.45) is 0. The fraction of sp³-hybridized carbons (Fsp3) is 0.429. The first-order chi connectivity index (χ1) is 9.43. The van der Waals surface area contributed by atoms with Crippen molar-refractivity contribution >= 4 is 11.9 Å². The molecule has 0 fully saturated rings. The van der Waals surface area contributed by atoms with Crippen molar-refractivity contribution < 1.29 is 23.8 Å². The molecule has 0 saturated heterocycles. The topological polar surface area (TPSA) is 87.9 Å². The van der Waals surface area contributed by atoms with Crippen molar-refractivity contribution in [3.8, 4) is 11.5 Å². The van der Waals surface area contributed by atoms with Gasteiger partial charge in [0.2, 0.25) is 0 Å². The van der Waals surface area contributed by atoms with Gasteiger partial charge in [0.25, 0.3) is 5.91 Å². The smallest absolute Gasteiger partial charge is 0.338 e. The molecule has 1 aromatic carbocycles. The predicted octanol–water partition coefficient (Wildman–Crippen LogP) is 1.37. The highest BCUT2D eigenvalue weighted by atomic mass is 16.5. The normalized spacial score (nSPS) is 10.2. The number of carbonyl (C=O) groups excluding carboxylic acids is 2. The molecule has 1 aromatic rings. The highest BCUT2D eigenvalue weighted by molar-refractivity contribution is 5.91. The third kappa shape index (κ3) is 4.79. The lowest BCUT2D eigenvalue weighted by Gasteiger charge is -2.13. The molecule has 0 aromatic heterocycles. The second-order valence-electron chi connectivity index (χ2n) is 4.61. The van der Waals surface area contributed by atoms with Gasteiger partial charge in [-0.3, -0.25) is 4.79 Å². The molecule has 1 amide bonds. The first-order valence-electron chi connectivity index (χ1n) is 6.20.